The Morgan fingerprint density at radius 2 is 1.81 bits per heavy atom. The van der Waals surface area contributed by atoms with Gasteiger partial charge in [-0.15, -0.1) is 0 Å². The maximum absolute atomic E-state index is 13.2. The molecule has 158 valence electrons. The number of Topliss-reactive ketones (excluding diaryl/α,β-unsaturated/α-hetero) is 2. The fourth-order valence-corrected chi connectivity index (χ4v) is 3.97. The molecule has 0 radical (unpaired) electrons. The third-order valence-corrected chi connectivity index (χ3v) is 5.65. The first-order valence-electron chi connectivity index (χ1n) is 10.2. The van der Waals surface area contributed by atoms with Gasteiger partial charge in [0.05, 0.1) is 12.3 Å². The van der Waals surface area contributed by atoms with Gasteiger partial charge in [-0.25, -0.2) is 0 Å². The van der Waals surface area contributed by atoms with E-state index >= 15 is 0 Å². The summed E-state index contributed by atoms with van der Waals surface area (Å²) >= 11 is 0. The number of carbonyl (C=O) groups is 3. The SMILES string of the molecule is CC(C)(C)c1ccc(C2C(C(=O)c3ccco3)C(=O)C(=O)N2Cc2cccnc2)cc1. The van der Waals surface area contributed by atoms with E-state index in [0.717, 1.165) is 16.7 Å². The quantitative estimate of drug-likeness (QED) is 0.355. The van der Waals surface area contributed by atoms with Gasteiger partial charge in [-0.1, -0.05) is 51.1 Å². The molecule has 1 aliphatic rings. The van der Waals surface area contributed by atoms with Crippen molar-refractivity contribution in [2.45, 2.75) is 38.8 Å². The van der Waals surface area contributed by atoms with Crippen LogP contribution in [-0.4, -0.2) is 27.4 Å². The maximum atomic E-state index is 13.2. The summed E-state index contributed by atoms with van der Waals surface area (Å²) in [4.78, 5) is 44.7. The highest BCUT2D eigenvalue weighted by Crippen LogP contribution is 2.39. The fourth-order valence-electron chi connectivity index (χ4n) is 3.97. The predicted molar refractivity (Wildman–Crippen MR) is 114 cm³/mol. The van der Waals surface area contributed by atoms with Crippen molar-refractivity contribution in [3.05, 3.63) is 89.6 Å². The number of ketones is 2. The van der Waals surface area contributed by atoms with Crippen molar-refractivity contribution in [1.82, 2.24) is 9.88 Å². The number of furan rings is 1. The van der Waals surface area contributed by atoms with Crippen molar-refractivity contribution < 1.29 is 18.8 Å². The number of nitrogens with zero attached hydrogens (tertiary/aromatic N) is 2. The van der Waals surface area contributed by atoms with Crippen LogP contribution in [0.5, 0.6) is 0 Å². The molecule has 0 bridgehead atoms. The summed E-state index contributed by atoms with van der Waals surface area (Å²) in [6.07, 6.45) is 4.68. The number of likely N-dealkylation sites (tertiary alicyclic amines) is 1. The Morgan fingerprint density at radius 1 is 1.06 bits per heavy atom. The van der Waals surface area contributed by atoms with Crippen molar-refractivity contribution in [2.24, 2.45) is 5.92 Å². The summed E-state index contributed by atoms with van der Waals surface area (Å²) in [7, 11) is 0. The van der Waals surface area contributed by atoms with Crippen LogP contribution in [0.15, 0.2) is 71.6 Å². The summed E-state index contributed by atoms with van der Waals surface area (Å²) in [5, 5.41) is 0. The van der Waals surface area contributed by atoms with Crippen LogP contribution in [-0.2, 0) is 21.5 Å². The van der Waals surface area contributed by atoms with E-state index in [1.807, 2.05) is 30.3 Å². The molecule has 4 rings (SSSR count). The number of carbonyl (C=O) groups excluding carboxylic acids is 3. The second kappa shape index (κ2) is 7.95. The molecule has 0 aliphatic carbocycles. The van der Waals surface area contributed by atoms with Gasteiger partial charge >= 0.3 is 0 Å². The molecule has 1 amide bonds. The molecule has 6 nitrogen and oxygen atoms in total. The maximum Gasteiger partial charge on any atom is 0.291 e. The van der Waals surface area contributed by atoms with Gasteiger partial charge in [0.15, 0.2) is 5.76 Å². The topological polar surface area (TPSA) is 80.5 Å². The van der Waals surface area contributed by atoms with Crippen LogP contribution in [0, 0.1) is 5.92 Å². The summed E-state index contributed by atoms with van der Waals surface area (Å²) in [6, 6.07) is 13.8. The minimum absolute atomic E-state index is 0.0430. The number of hydrogen-bond acceptors (Lipinski definition) is 5. The average Bonchev–Trinajstić information content (AvgIpc) is 3.37. The number of amides is 1. The molecule has 1 fully saturated rings. The normalized spacial score (nSPS) is 19.1. The molecule has 2 aromatic heterocycles. The summed E-state index contributed by atoms with van der Waals surface area (Å²) in [5.41, 5.74) is 2.60. The number of pyridine rings is 1. The molecule has 1 saturated heterocycles. The minimum atomic E-state index is -1.16. The van der Waals surface area contributed by atoms with Gasteiger partial charge in [0.2, 0.25) is 11.6 Å². The van der Waals surface area contributed by atoms with Crippen LogP contribution in [0.3, 0.4) is 0 Å². The Bertz CT molecular complexity index is 1100. The molecule has 3 aromatic rings. The van der Waals surface area contributed by atoms with E-state index in [1.54, 1.807) is 24.5 Å². The third-order valence-electron chi connectivity index (χ3n) is 5.65. The first kappa shape index (κ1) is 20.7. The van der Waals surface area contributed by atoms with E-state index in [-0.39, 0.29) is 17.7 Å². The zero-order valence-electron chi connectivity index (χ0n) is 17.7. The van der Waals surface area contributed by atoms with E-state index in [9.17, 15) is 14.4 Å². The monoisotopic (exact) mass is 416 g/mol. The number of hydrogen-bond donors (Lipinski definition) is 0. The van der Waals surface area contributed by atoms with E-state index in [0.29, 0.717) is 0 Å². The number of benzene rings is 1. The lowest BCUT2D eigenvalue weighted by Crippen LogP contribution is -2.30. The lowest BCUT2D eigenvalue weighted by molar-refractivity contribution is -0.141. The molecule has 1 aliphatic heterocycles. The van der Waals surface area contributed by atoms with E-state index in [4.69, 9.17) is 4.42 Å². The zero-order chi connectivity index (χ0) is 22.2. The van der Waals surface area contributed by atoms with Crippen LogP contribution in [0.1, 0.15) is 54.1 Å². The minimum Gasteiger partial charge on any atom is -0.461 e. The highest BCUT2D eigenvalue weighted by Gasteiger charge is 2.52. The Hall–Kier alpha value is -3.54. The van der Waals surface area contributed by atoms with Crippen LogP contribution < -0.4 is 0 Å². The second-order valence-electron chi connectivity index (χ2n) is 8.79. The standard InChI is InChI=1S/C25H24N2O4/c1-25(2,3)18-10-8-17(9-11-18)21-20(22(28)19-7-5-13-31-19)23(29)24(30)27(21)15-16-6-4-12-26-14-16/h4-14,20-21H,15H2,1-3H3. The molecule has 1 aromatic carbocycles. The lowest BCUT2D eigenvalue weighted by atomic mass is 9.84. The van der Waals surface area contributed by atoms with Crippen LogP contribution >= 0.6 is 0 Å². The van der Waals surface area contributed by atoms with Crippen LogP contribution in [0.2, 0.25) is 0 Å². The number of aromatic nitrogens is 1. The second-order valence-corrected chi connectivity index (χ2v) is 8.79. The van der Waals surface area contributed by atoms with Crippen molar-refractivity contribution in [3.8, 4) is 0 Å². The third kappa shape index (κ3) is 3.93. The highest BCUT2D eigenvalue weighted by atomic mass is 16.3. The van der Waals surface area contributed by atoms with Gasteiger partial charge in [-0.2, -0.15) is 0 Å². The Labute approximate surface area is 180 Å². The molecular formula is C25H24N2O4. The molecule has 0 N–H and O–H groups in total. The van der Waals surface area contributed by atoms with E-state index in [2.05, 4.69) is 25.8 Å². The van der Waals surface area contributed by atoms with Gasteiger partial charge < -0.3 is 9.32 Å². The fraction of sp³-hybridized carbons (Fsp3) is 0.280. The largest absolute Gasteiger partial charge is 0.461 e. The van der Waals surface area contributed by atoms with Crippen molar-refractivity contribution in [3.63, 3.8) is 0 Å². The van der Waals surface area contributed by atoms with Gasteiger partial charge in [0.1, 0.15) is 5.92 Å². The van der Waals surface area contributed by atoms with Gasteiger partial charge in [0.25, 0.3) is 5.91 Å². The molecule has 0 saturated carbocycles. The molecule has 3 heterocycles. The first-order valence-corrected chi connectivity index (χ1v) is 10.2. The predicted octanol–water partition coefficient (Wildman–Crippen LogP) is 4.12. The Balaban J connectivity index is 1.77. The molecule has 2 atom stereocenters. The Morgan fingerprint density at radius 3 is 2.39 bits per heavy atom. The smallest absolute Gasteiger partial charge is 0.291 e. The van der Waals surface area contributed by atoms with E-state index in [1.165, 1.54) is 17.2 Å². The Kier molecular flexibility index (Phi) is 5.31. The molecule has 6 heteroatoms. The first-order chi connectivity index (χ1) is 14.8. The summed E-state index contributed by atoms with van der Waals surface area (Å²) in [5.74, 6) is -2.95. The summed E-state index contributed by atoms with van der Waals surface area (Å²) in [6.45, 7) is 6.53. The molecular weight excluding hydrogens is 392 g/mol. The van der Waals surface area contributed by atoms with Crippen molar-refractivity contribution in [1.29, 1.82) is 0 Å². The zero-order valence-corrected chi connectivity index (χ0v) is 17.7. The van der Waals surface area contributed by atoms with Gasteiger partial charge in [0, 0.05) is 18.9 Å². The van der Waals surface area contributed by atoms with Gasteiger partial charge in [-0.3, -0.25) is 19.4 Å². The van der Waals surface area contributed by atoms with Crippen molar-refractivity contribution in [2.75, 3.05) is 0 Å². The summed E-state index contributed by atoms with van der Waals surface area (Å²) < 4.78 is 5.25. The average molecular weight is 416 g/mol. The molecule has 31 heavy (non-hydrogen) atoms. The molecule has 2 unspecified atom stereocenters. The van der Waals surface area contributed by atoms with Crippen LogP contribution in [0.25, 0.3) is 0 Å². The van der Waals surface area contributed by atoms with Gasteiger partial charge in [-0.05, 0) is 40.3 Å². The number of rotatable bonds is 5. The van der Waals surface area contributed by atoms with Crippen LogP contribution in [0.4, 0.5) is 0 Å². The lowest BCUT2D eigenvalue weighted by Gasteiger charge is -2.28. The highest BCUT2D eigenvalue weighted by molar-refractivity contribution is 6.43. The van der Waals surface area contributed by atoms with E-state index < -0.39 is 29.4 Å². The molecule has 0 spiro atoms. The van der Waals surface area contributed by atoms with Crippen molar-refractivity contribution >= 4 is 17.5 Å².